The van der Waals surface area contributed by atoms with Gasteiger partial charge in [0.05, 0.1) is 0 Å². The average Bonchev–Trinajstić information content (AvgIpc) is 3.19. The van der Waals surface area contributed by atoms with Gasteiger partial charge >= 0.3 is 17.9 Å². The Morgan fingerprint density at radius 2 is 0.667 bits per heavy atom. The van der Waals surface area contributed by atoms with Crippen LogP contribution in [0.1, 0.15) is 279 Å². The smallest absolute Gasteiger partial charge is 0.306 e. The summed E-state index contributed by atoms with van der Waals surface area (Å²) in [6.07, 6.45) is 44.0. The summed E-state index contributed by atoms with van der Waals surface area (Å²) in [6.45, 7) is 11.3. The molecule has 2 atom stereocenters. The summed E-state index contributed by atoms with van der Waals surface area (Å²) in [5.41, 5.74) is 0. The topological polar surface area (TPSA) is 78.9 Å². The number of esters is 3. The maximum atomic E-state index is 12.6. The Morgan fingerprint density at radius 3 is 1.00 bits per heavy atom. The molecule has 1 unspecified atom stereocenters. The van der Waals surface area contributed by atoms with Crippen LogP contribution in [0.15, 0.2) is 0 Å². The molecule has 0 aromatic heterocycles. The van der Waals surface area contributed by atoms with Gasteiger partial charge in [-0.15, -0.1) is 0 Å². The molecule has 57 heavy (non-hydrogen) atoms. The molecule has 0 aromatic carbocycles. The minimum absolute atomic E-state index is 0.0651. The monoisotopic (exact) mass is 807 g/mol. The molecule has 0 saturated heterocycles. The minimum atomic E-state index is -0.760. The Hall–Kier alpha value is -1.59. The van der Waals surface area contributed by atoms with Gasteiger partial charge in [0.2, 0.25) is 0 Å². The number of hydrogen-bond donors (Lipinski definition) is 0. The molecule has 0 fully saturated rings. The van der Waals surface area contributed by atoms with Crippen molar-refractivity contribution in [2.45, 2.75) is 285 Å². The van der Waals surface area contributed by atoms with E-state index in [1.807, 2.05) is 0 Å². The number of carbonyl (C=O) groups is 3. The van der Waals surface area contributed by atoms with E-state index in [1.165, 1.54) is 167 Å². The summed E-state index contributed by atoms with van der Waals surface area (Å²) in [6, 6.07) is 0. The van der Waals surface area contributed by atoms with Crippen LogP contribution in [-0.4, -0.2) is 37.2 Å². The highest BCUT2D eigenvalue weighted by molar-refractivity contribution is 5.71. The average molecular weight is 807 g/mol. The summed E-state index contributed by atoms with van der Waals surface area (Å²) < 4.78 is 16.7. The van der Waals surface area contributed by atoms with E-state index >= 15 is 0 Å². The highest BCUT2D eigenvalue weighted by Crippen LogP contribution is 2.18. The fourth-order valence-electron chi connectivity index (χ4n) is 7.60. The summed E-state index contributed by atoms with van der Waals surface area (Å²) in [5, 5.41) is 0. The van der Waals surface area contributed by atoms with Crippen LogP contribution < -0.4 is 0 Å². The molecular formula is C51H98O6. The van der Waals surface area contributed by atoms with Gasteiger partial charge in [0.15, 0.2) is 6.10 Å². The van der Waals surface area contributed by atoms with Crippen molar-refractivity contribution in [1.29, 1.82) is 0 Å². The molecule has 0 aliphatic rings. The van der Waals surface area contributed by atoms with Crippen molar-refractivity contribution >= 4 is 17.9 Å². The SMILES string of the molecule is CCCCCCCCCC(=O)O[C@@H](COC(=O)CCCCCCCCCCCCCCCCCCCCC(C)CC)COC(=O)CCCCCCCCCC(C)C. The first kappa shape index (κ1) is 55.4. The lowest BCUT2D eigenvalue weighted by molar-refractivity contribution is -0.167. The second-order valence-corrected chi connectivity index (χ2v) is 18.2. The zero-order valence-corrected chi connectivity index (χ0v) is 39.0. The molecule has 6 nitrogen and oxygen atoms in total. The van der Waals surface area contributed by atoms with Crippen molar-refractivity contribution in [2.75, 3.05) is 13.2 Å². The number of rotatable bonds is 45. The van der Waals surface area contributed by atoms with E-state index in [-0.39, 0.29) is 31.1 Å². The first-order valence-electron chi connectivity index (χ1n) is 25.3. The maximum absolute atomic E-state index is 12.6. The van der Waals surface area contributed by atoms with Gasteiger partial charge in [0.25, 0.3) is 0 Å². The van der Waals surface area contributed by atoms with Gasteiger partial charge < -0.3 is 14.2 Å². The molecule has 0 rings (SSSR count). The molecule has 0 aliphatic carbocycles. The highest BCUT2D eigenvalue weighted by atomic mass is 16.6. The lowest BCUT2D eigenvalue weighted by atomic mass is 9.99. The molecule has 0 N–H and O–H groups in total. The Kier molecular flexibility index (Phi) is 42.7. The molecule has 0 aliphatic heterocycles. The summed E-state index contributed by atoms with van der Waals surface area (Å²) >= 11 is 0. The molecule has 0 spiro atoms. The predicted molar refractivity (Wildman–Crippen MR) is 243 cm³/mol. The quantitative estimate of drug-likeness (QED) is 0.0346. The van der Waals surface area contributed by atoms with E-state index in [0.29, 0.717) is 19.3 Å². The third kappa shape index (κ3) is 43.8. The largest absolute Gasteiger partial charge is 0.462 e. The van der Waals surface area contributed by atoms with Crippen molar-refractivity contribution in [3.63, 3.8) is 0 Å². The fraction of sp³-hybridized carbons (Fsp3) is 0.941. The van der Waals surface area contributed by atoms with Gasteiger partial charge in [0.1, 0.15) is 13.2 Å². The number of hydrogen-bond acceptors (Lipinski definition) is 6. The van der Waals surface area contributed by atoms with Crippen molar-refractivity contribution in [1.82, 2.24) is 0 Å². The molecule has 0 bridgehead atoms. The van der Waals surface area contributed by atoms with Crippen LogP contribution in [0, 0.1) is 11.8 Å². The Labute approximate surface area is 355 Å². The third-order valence-electron chi connectivity index (χ3n) is 11.8. The van der Waals surface area contributed by atoms with Crippen molar-refractivity contribution in [3.8, 4) is 0 Å². The highest BCUT2D eigenvalue weighted by Gasteiger charge is 2.19. The van der Waals surface area contributed by atoms with Gasteiger partial charge in [-0.25, -0.2) is 0 Å². The molecule has 0 radical (unpaired) electrons. The van der Waals surface area contributed by atoms with Crippen LogP contribution in [0.5, 0.6) is 0 Å². The van der Waals surface area contributed by atoms with Crippen LogP contribution in [-0.2, 0) is 28.6 Å². The van der Waals surface area contributed by atoms with Gasteiger partial charge in [-0.05, 0) is 31.1 Å². The third-order valence-corrected chi connectivity index (χ3v) is 11.8. The van der Waals surface area contributed by atoms with Gasteiger partial charge in [-0.2, -0.15) is 0 Å². The van der Waals surface area contributed by atoms with Crippen molar-refractivity contribution in [2.24, 2.45) is 11.8 Å². The van der Waals surface area contributed by atoms with Gasteiger partial charge in [-0.1, -0.05) is 240 Å². The summed E-state index contributed by atoms with van der Waals surface area (Å²) in [7, 11) is 0. The minimum Gasteiger partial charge on any atom is -0.462 e. The van der Waals surface area contributed by atoms with Crippen LogP contribution in [0.3, 0.4) is 0 Å². The summed E-state index contributed by atoms with van der Waals surface area (Å²) in [4.78, 5) is 37.6. The van der Waals surface area contributed by atoms with Gasteiger partial charge in [0, 0.05) is 19.3 Å². The van der Waals surface area contributed by atoms with E-state index in [9.17, 15) is 14.4 Å². The number of carbonyl (C=O) groups excluding carboxylic acids is 3. The zero-order chi connectivity index (χ0) is 41.9. The van der Waals surface area contributed by atoms with Crippen LogP contribution in [0.25, 0.3) is 0 Å². The summed E-state index contributed by atoms with van der Waals surface area (Å²) in [5.74, 6) is 0.830. The van der Waals surface area contributed by atoms with E-state index < -0.39 is 6.10 Å². The second kappa shape index (κ2) is 44.0. The van der Waals surface area contributed by atoms with E-state index in [4.69, 9.17) is 14.2 Å². The Balaban J connectivity index is 4.07. The van der Waals surface area contributed by atoms with Crippen LogP contribution >= 0.6 is 0 Å². The molecule has 0 saturated carbocycles. The first-order chi connectivity index (χ1) is 27.8. The lowest BCUT2D eigenvalue weighted by Crippen LogP contribution is -2.30. The van der Waals surface area contributed by atoms with Crippen molar-refractivity contribution < 1.29 is 28.6 Å². The van der Waals surface area contributed by atoms with Crippen molar-refractivity contribution in [3.05, 3.63) is 0 Å². The normalized spacial score (nSPS) is 12.5. The number of unbranched alkanes of at least 4 members (excludes halogenated alkanes) is 29. The van der Waals surface area contributed by atoms with Crippen LogP contribution in [0.4, 0.5) is 0 Å². The molecular weight excluding hydrogens is 709 g/mol. The van der Waals surface area contributed by atoms with Gasteiger partial charge in [-0.3, -0.25) is 14.4 Å². The number of ether oxygens (including phenoxy) is 3. The predicted octanol–water partition coefficient (Wildman–Crippen LogP) is 16.1. The Morgan fingerprint density at radius 1 is 0.368 bits per heavy atom. The molecule has 338 valence electrons. The van der Waals surface area contributed by atoms with E-state index in [0.717, 1.165) is 69.6 Å². The molecule has 0 heterocycles. The fourth-order valence-corrected chi connectivity index (χ4v) is 7.60. The molecule has 0 aromatic rings. The van der Waals surface area contributed by atoms with E-state index in [1.54, 1.807) is 0 Å². The second-order valence-electron chi connectivity index (χ2n) is 18.2. The molecule has 0 amide bonds. The standard InChI is InChI=1S/C51H98O6/c1-6-8-9-10-24-33-38-43-51(54)57-48(45-56-50(53)42-37-32-28-23-25-29-34-39-46(3)4)44-55-49(52)41-36-31-27-22-20-18-16-14-12-11-13-15-17-19-21-26-30-35-40-47(5)7-2/h46-48H,6-45H2,1-5H3/t47?,48-/m0/s1. The first-order valence-corrected chi connectivity index (χ1v) is 25.3. The zero-order valence-electron chi connectivity index (χ0n) is 39.0. The van der Waals surface area contributed by atoms with Crippen LogP contribution in [0.2, 0.25) is 0 Å². The molecule has 6 heteroatoms. The van der Waals surface area contributed by atoms with E-state index in [2.05, 4.69) is 34.6 Å². The maximum Gasteiger partial charge on any atom is 0.306 e. The lowest BCUT2D eigenvalue weighted by Gasteiger charge is -2.18. The Bertz CT molecular complexity index is 872.